The zero-order valence-corrected chi connectivity index (χ0v) is 10.4. The third-order valence-electron chi connectivity index (χ3n) is 3.33. The van der Waals surface area contributed by atoms with Crippen LogP contribution in [0.15, 0.2) is 18.2 Å². The van der Waals surface area contributed by atoms with Crippen LogP contribution in [0.2, 0.25) is 0 Å². The van der Waals surface area contributed by atoms with E-state index < -0.39 is 0 Å². The minimum Gasteiger partial charge on any atom is -0.309 e. The number of carbonyl (C=O) groups excluding carboxylic acids is 1. The van der Waals surface area contributed by atoms with E-state index in [4.69, 9.17) is 0 Å². The van der Waals surface area contributed by atoms with E-state index in [-0.39, 0.29) is 5.91 Å². The number of amides is 1. The average Bonchev–Trinajstić information content (AvgIpc) is 2.51. The smallest absolute Gasteiger partial charge is 0.224 e. The minimum absolute atomic E-state index is 0.142. The molecule has 2 rings (SSSR count). The quantitative estimate of drug-likeness (QED) is 0.707. The summed E-state index contributed by atoms with van der Waals surface area (Å²) in [5, 5.41) is 0. The zero-order valence-electron chi connectivity index (χ0n) is 10.4. The number of hydrogen-bond acceptors (Lipinski definition) is 1. The second-order valence-electron chi connectivity index (χ2n) is 4.99. The lowest BCUT2D eigenvalue weighted by Gasteiger charge is -2.20. The van der Waals surface area contributed by atoms with Gasteiger partial charge in [-0.1, -0.05) is 26.0 Å². The molecule has 0 saturated carbocycles. The molecule has 0 N–H and O–H groups in total. The van der Waals surface area contributed by atoms with Crippen LogP contribution in [0.1, 0.15) is 44.7 Å². The summed E-state index contributed by atoms with van der Waals surface area (Å²) in [6.45, 7) is 8.14. The van der Waals surface area contributed by atoms with E-state index in [2.05, 4.69) is 39.0 Å². The SMILES string of the molecule is CC(=O)N1c2ccc(C(C)C)cc2C[C@@H]1C. The summed E-state index contributed by atoms with van der Waals surface area (Å²) in [5.41, 5.74) is 3.77. The lowest BCUT2D eigenvalue weighted by atomic mass is 9.99. The van der Waals surface area contributed by atoms with Crippen LogP contribution >= 0.6 is 0 Å². The highest BCUT2D eigenvalue weighted by molar-refractivity contribution is 5.94. The lowest BCUT2D eigenvalue weighted by Crippen LogP contribution is -2.33. The molecule has 16 heavy (non-hydrogen) atoms. The normalized spacial score (nSPS) is 19.1. The van der Waals surface area contributed by atoms with Crippen molar-refractivity contribution in [1.29, 1.82) is 0 Å². The number of rotatable bonds is 1. The van der Waals surface area contributed by atoms with Crippen LogP contribution in [-0.4, -0.2) is 11.9 Å². The second kappa shape index (κ2) is 3.93. The molecule has 0 unspecified atom stereocenters. The van der Waals surface area contributed by atoms with E-state index in [1.807, 2.05) is 4.90 Å². The first-order valence-electron chi connectivity index (χ1n) is 5.93. The van der Waals surface area contributed by atoms with E-state index in [0.29, 0.717) is 12.0 Å². The molecule has 1 aromatic rings. The van der Waals surface area contributed by atoms with Crippen molar-refractivity contribution in [3.05, 3.63) is 29.3 Å². The van der Waals surface area contributed by atoms with E-state index in [9.17, 15) is 4.79 Å². The van der Waals surface area contributed by atoms with Crippen LogP contribution in [0.4, 0.5) is 5.69 Å². The van der Waals surface area contributed by atoms with Crippen LogP contribution in [0, 0.1) is 0 Å². The summed E-state index contributed by atoms with van der Waals surface area (Å²) in [6.07, 6.45) is 0.982. The van der Waals surface area contributed by atoms with E-state index >= 15 is 0 Å². The molecule has 0 saturated heterocycles. The molecule has 2 nitrogen and oxygen atoms in total. The van der Waals surface area contributed by atoms with Crippen LogP contribution in [-0.2, 0) is 11.2 Å². The maximum Gasteiger partial charge on any atom is 0.224 e. The third kappa shape index (κ3) is 1.73. The molecule has 0 fully saturated rings. The Balaban J connectivity index is 2.42. The number of hydrogen-bond donors (Lipinski definition) is 0. The van der Waals surface area contributed by atoms with Gasteiger partial charge in [-0.2, -0.15) is 0 Å². The van der Waals surface area contributed by atoms with Crippen molar-refractivity contribution >= 4 is 11.6 Å². The van der Waals surface area contributed by atoms with Crippen LogP contribution < -0.4 is 4.90 Å². The predicted octanol–water partition coefficient (Wildman–Crippen LogP) is 3.11. The van der Waals surface area contributed by atoms with Gasteiger partial charge in [0.15, 0.2) is 0 Å². The summed E-state index contributed by atoms with van der Waals surface area (Å²) >= 11 is 0. The summed E-state index contributed by atoms with van der Waals surface area (Å²) < 4.78 is 0. The molecule has 1 aromatic carbocycles. The molecule has 2 heteroatoms. The topological polar surface area (TPSA) is 20.3 Å². The summed E-state index contributed by atoms with van der Waals surface area (Å²) in [6, 6.07) is 6.78. The van der Waals surface area contributed by atoms with E-state index in [1.165, 1.54) is 11.1 Å². The fourth-order valence-corrected chi connectivity index (χ4v) is 2.49. The Bertz CT molecular complexity index is 423. The highest BCUT2D eigenvalue weighted by Crippen LogP contribution is 2.34. The first kappa shape index (κ1) is 11.2. The molecule has 1 atom stereocenters. The van der Waals surface area contributed by atoms with Gasteiger partial charge in [-0.25, -0.2) is 0 Å². The van der Waals surface area contributed by atoms with Gasteiger partial charge in [0.1, 0.15) is 0 Å². The molecule has 0 radical (unpaired) electrons. The Labute approximate surface area is 97.3 Å². The second-order valence-corrected chi connectivity index (χ2v) is 4.99. The Hall–Kier alpha value is -1.31. The van der Waals surface area contributed by atoms with Gasteiger partial charge in [-0.15, -0.1) is 0 Å². The lowest BCUT2D eigenvalue weighted by molar-refractivity contribution is -0.116. The Morgan fingerprint density at radius 3 is 2.69 bits per heavy atom. The zero-order chi connectivity index (χ0) is 11.9. The van der Waals surface area contributed by atoms with Crippen molar-refractivity contribution in [3.63, 3.8) is 0 Å². The summed E-state index contributed by atoms with van der Waals surface area (Å²) in [5.74, 6) is 0.690. The summed E-state index contributed by atoms with van der Waals surface area (Å²) in [4.78, 5) is 13.5. The van der Waals surface area contributed by atoms with Crippen molar-refractivity contribution in [2.45, 2.75) is 46.1 Å². The standard InChI is InChI=1S/C14H19NO/c1-9(2)12-5-6-14-13(8-12)7-10(3)15(14)11(4)16/h5-6,8-10H,7H2,1-4H3/t10-/m0/s1. The van der Waals surface area contributed by atoms with Gasteiger partial charge in [0.25, 0.3) is 0 Å². The van der Waals surface area contributed by atoms with E-state index in [1.54, 1.807) is 6.92 Å². The molecular weight excluding hydrogens is 198 g/mol. The van der Waals surface area contributed by atoms with Gasteiger partial charge in [-0.05, 0) is 36.5 Å². The molecular formula is C14H19NO. The molecule has 0 bridgehead atoms. The van der Waals surface area contributed by atoms with Gasteiger partial charge in [-0.3, -0.25) is 4.79 Å². The largest absolute Gasteiger partial charge is 0.309 e. The van der Waals surface area contributed by atoms with Crippen LogP contribution in [0.5, 0.6) is 0 Å². The first-order valence-corrected chi connectivity index (χ1v) is 5.93. The number of carbonyl (C=O) groups is 1. The van der Waals surface area contributed by atoms with Gasteiger partial charge in [0.05, 0.1) is 0 Å². The number of fused-ring (bicyclic) bond motifs is 1. The third-order valence-corrected chi connectivity index (χ3v) is 3.33. The first-order chi connectivity index (χ1) is 7.50. The van der Waals surface area contributed by atoms with Crippen molar-refractivity contribution in [3.8, 4) is 0 Å². The molecule has 0 aliphatic carbocycles. The van der Waals surface area contributed by atoms with Gasteiger partial charge in [0.2, 0.25) is 5.91 Å². The Morgan fingerprint density at radius 1 is 1.44 bits per heavy atom. The molecule has 0 aromatic heterocycles. The van der Waals surface area contributed by atoms with Crippen molar-refractivity contribution < 1.29 is 4.79 Å². The molecule has 1 heterocycles. The monoisotopic (exact) mass is 217 g/mol. The highest BCUT2D eigenvalue weighted by Gasteiger charge is 2.28. The molecule has 86 valence electrons. The van der Waals surface area contributed by atoms with Crippen LogP contribution in [0.3, 0.4) is 0 Å². The van der Waals surface area contributed by atoms with Gasteiger partial charge >= 0.3 is 0 Å². The number of anilines is 1. The highest BCUT2D eigenvalue weighted by atomic mass is 16.2. The molecule has 0 spiro atoms. The van der Waals surface area contributed by atoms with Crippen LogP contribution in [0.25, 0.3) is 0 Å². The van der Waals surface area contributed by atoms with Gasteiger partial charge < -0.3 is 4.90 Å². The molecule has 1 amide bonds. The fraction of sp³-hybridized carbons (Fsp3) is 0.500. The predicted molar refractivity (Wildman–Crippen MR) is 66.9 cm³/mol. The molecule has 1 aliphatic rings. The van der Waals surface area contributed by atoms with Crippen molar-refractivity contribution in [1.82, 2.24) is 0 Å². The Morgan fingerprint density at radius 2 is 2.12 bits per heavy atom. The molecule has 1 aliphatic heterocycles. The minimum atomic E-state index is 0.142. The summed E-state index contributed by atoms with van der Waals surface area (Å²) in [7, 11) is 0. The maximum atomic E-state index is 11.6. The number of nitrogens with zero attached hydrogens (tertiary/aromatic N) is 1. The number of benzene rings is 1. The van der Waals surface area contributed by atoms with Crippen molar-refractivity contribution in [2.75, 3.05) is 4.90 Å². The van der Waals surface area contributed by atoms with Crippen molar-refractivity contribution in [2.24, 2.45) is 0 Å². The fourth-order valence-electron chi connectivity index (χ4n) is 2.49. The van der Waals surface area contributed by atoms with E-state index in [0.717, 1.165) is 12.1 Å². The average molecular weight is 217 g/mol. The Kier molecular flexibility index (Phi) is 2.75. The maximum absolute atomic E-state index is 11.6. The van der Waals surface area contributed by atoms with Gasteiger partial charge in [0, 0.05) is 18.7 Å².